The van der Waals surface area contributed by atoms with Crippen molar-refractivity contribution in [2.75, 3.05) is 0 Å². The summed E-state index contributed by atoms with van der Waals surface area (Å²) >= 11 is 0. The van der Waals surface area contributed by atoms with Crippen LogP contribution in [-0.2, 0) is 4.79 Å². The largest absolute Gasteiger partial charge is 0.481 e. The van der Waals surface area contributed by atoms with E-state index in [9.17, 15) is 4.79 Å². The van der Waals surface area contributed by atoms with Gasteiger partial charge in [0, 0.05) is 12.1 Å². The van der Waals surface area contributed by atoms with Gasteiger partial charge >= 0.3 is 5.97 Å². The summed E-state index contributed by atoms with van der Waals surface area (Å²) in [6.45, 7) is 0. The Bertz CT molecular complexity index is 229. The molecular weight excluding hydrogens is 166 g/mol. The number of hydrogen-bond donors (Lipinski definition) is 2. The number of rotatable bonds is 3. The van der Waals surface area contributed by atoms with Gasteiger partial charge in [0.15, 0.2) is 0 Å². The maximum atomic E-state index is 10.7. The lowest BCUT2D eigenvalue weighted by molar-refractivity contribution is -0.146. The lowest BCUT2D eigenvalue weighted by atomic mass is 9.79. The standard InChI is InChI=1S/C10H15NO2/c12-10(13)8-5-6-9(8)11-7-3-1-2-4-7/h1-2,7-9,11H,3-6H2,(H,12,13). The summed E-state index contributed by atoms with van der Waals surface area (Å²) in [6, 6.07) is 0.717. The van der Waals surface area contributed by atoms with E-state index in [0.717, 1.165) is 25.7 Å². The van der Waals surface area contributed by atoms with E-state index in [2.05, 4.69) is 17.5 Å². The Kier molecular flexibility index (Phi) is 2.36. The van der Waals surface area contributed by atoms with Gasteiger partial charge in [0.1, 0.15) is 0 Å². The lowest BCUT2D eigenvalue weighted by Gasteiger charge is -2.36. The fourth-order valence-electron chi connectivity index (χ4n) is 2.05. The van der Waals surface area contributed by atoms with Crippen LogP contribution in [0.25, 0.3) is 0 Å². The third-order valence-corrected chi connectivity index (χ3v) is 3.05. The van der Waals surface area contributed by atoms with Crippen molar-refractivity contribution in [1.29, 1.82) is 0 Å². The Morgan fingerprint density at radius 2 is 2.00 bits per heavy atom. The van der Waals surface area contributed by atoms with E-state index >= 15 is 0 Å². The van der Waals surface area contributed by atoms with Crippen molar-refractivity contribution in [1.82, 2.24) is 5.32 Å². The summed E-state index contributed by atoms with van der Waals surface area (Å²) in [5.41, 5.74) is 0. The lowest BCUT2D eigenvalue weighted by Crippen LogP contribution is -2.50. The van der Waals surface area contributed by atoms with Crippen LogP contribution >= 0.6 is 0 Å². The number of hydrogen-bond acceptors (Lipinski definition) is 2. The average Bonchev–Trinajstić information content (AvgIpc) is 2.48. The molecule has 2 atom stereocenters. The van der Waals surface area contributed by atoms with Gasteiger partial charge in [-0.15, -0.1) is 0 Å². The van der Waals surface area contributed by atoms with Gasteiger partial charge in [-0.25, -0.2) is 0 Å². The van der Waals surface area contributed by atoms with Crippen molar-refractivity contribution in [3.63, 3.8) is 0 Å². The molecule has 0 aliphatic heterocycles. The van der Waals surface area contributed by atoms with Gasteiger partial charge < -0.3 is 10.4 Å². The molecule has 3 heteroatoms. The van der Waals surface area contributed by atoms with Crippen molar-refractivity contribution >= 4 is 5.97 Å². The SMILES string of the molecule is O=C(O)C1CCC1NC1CC=CC1. The molecule has 1 fully saturated rings. The Labute approximate surface area is 77.8 Å². The molecule has 0 amide bonds. The molecule has 0 aromatic heterocycles. The summed E-state index contributed by atoms with van der Waals surface area (Å²) in [7, 11) is 0. The minimum absolute atomic E-state index is 0.138. The number of nitrogens with one attached hydrogen (secondary N) is 1. The molecule has 2 aliphatic rings. The number of carbonyl (C=O) groups is 1. The van der Waals surface area contributed by atoms with Crippen LogP contribution in [0.5, 0.6) is 0 Å². The van der Waals surface area contributed by atoms with Crippen molar-refractivity contribution < 1.29 is 9.90 Å². The van der Waals surface area contributed by atoms with Crippen LogP contribution in [0.4, 0.5) is 0 Å². The summed E-state index contributed by atoms with van der Waals surface area (Å²) in [6.07, 6.45) is 8.30. The quantitative estimate of drug-likeness (QED) is 0.642. The van der Waals surface area contributed by atoms with Gasteiger partial charge in [-0.05, 0) is 25.7 Å². The third-order valence-electron chi connectivity index (χ3n) is 3.05. The van der Waals surface area contributed by atoms with Gasteiger partial charge in [0.05, 0.1) is 5.92 Å². The number of aliphatic carboxylic acids is 1. The molecule has 72 valence electrons. The van der Waals surface area contributed by atoms with Crippen LogP contribution in [0, 0.1) is 5.92 Å². The van der Waals surface area contributed by atoms with Crippen LogP contribution in [0.3, 0.4) is 0 Å². The van der Waals surface area contributed by atoms with Crippen LogP contribution in [0.1, 0.15) is 25.7 Å². The highest BCUT2D eigenvalue weighted by molar-refractivity contribution is 5.72. The number of carboxylic acid groups (broad SMARTS) is 1. The highest BCUT2D eigenvalue weighted by Crippen LogP contribution is 2.29. The molecule has 1 saturated carbocycles. The van der Waals surface area contributed by atoms with Crippen LogP contribution in [0.2, 0.25) is 0 Å². The molecular formula is C10H15NO2. The maximum Gasteiger partial charge on any atom is 0.308 e. The van der Waals surface area contributed by atoms with E-state index in [-0.39, 0.29) is 12.0 Å². The predicted molar refractivity (Wildman–Crippen MR) is 49.4 cm³/mol. The summed E-state index contributed by atoms with van der Waals surface area (Å²) in [4.78, 5) is 10.7. The molecule has 0 heterocycles. The fourth-order valence-corrected chi connectivity index (χ4v) is 2.05. The molecule has 0 aromatic rings. The summed E-state index contributed by atoms with van der Waals surface area (Å²) < 4.78 is 0. The van der Waals surface area contributed by atoms with Gasteiger partial charge in [-0.3, -0.25) is 4.79 Å². The molecule has 3 nitrogen and oxygen atoms in total. The molecule has 13 heavy (non-hydrogen) atoms. The Morgan fingerprint density at radius 3 is 2.46 bits per heavy atom. The third kappa shape index (κ3) is 1.75. The first-order valence-corrected chi connectivity index (χ1v) is 4.91. The Hall–Kier alpha value is -0.830. The fraction of sp³-hybridized carbons (Fsp3) is 0.700. The Morgan fingerprint density at radius 1 is 1.31 bits per heavy atom. The van der Waals surface area contributed by atoms with Gasteiger partial charge in [0.25, 0.3) is 0 Å². The van der Waals surface area contributed by atoms with E-state index in [0.29, 0.717) is 6.04 Å². The molecule has 0 radical (unpaired) electrons. The number of carboxylic acids is 1. The molecule has 2 aliphatic carbocycles. The zero-order valence-electron chi connectivity index (χ0n) is 7.57. The second kappa shape index (κ2) is 3.50. The maximum absolute atomic E-state index is 10.7. The predicted octanol–water partition coefficient (Wildman–Crippen LogP) is 1.16. The smallest absolute Gasteiger partial charge is 0.308 e. The first-order valence-electron chi connectivity index (χ1n) is 4.91. The first-order chi connectivity index (χ1) is 6.27. The van der Waals surface area contributed by atoms with Crippen molar-refractivity contribution in [3.8, 4) is 0 Å². The van der Waals surface area contributed by atoms with Crippen molar-refractivity contribution in [2.45, 2.75) is 37.8 Å². The van der Waals surface area contributed by atoms with E-state index < -0.39 is 5.97 Å². The zero-order valence-corrected chi connectivity index (χ0v) is 7.57. The molecule has 2 rings (SSSR count). The molecule has 2 unspecified atom stereocenters. The zero-order chi connectivity index (χ0) is 9.26. The van der Waals surface area contributed by atoms with Crippen LogP contribution < -0.4 is 5.32 Å². The minimum atomic E-state index is -0.644. The molecule has 0 saturated heterocycles. The van der Waals surface area contributed by atoms with E-state index in [4.69, 9.17) is 5.11 Å². The summed E-state index contributed by atoms with van der Waals surface area (Å²) in [5.74, 6) is -0.782. The van der Waals surface area contributed by atoms with E-state index in [1.165, 1.54) is 0 Å². The molecule has 0 spiro atoms. The average molecular weight is 181 g/mol. The van der Waals surface area contributed by atoms with Crippen molar-refractivity contribution in [3.05, 3.63) is 12.2 Å². The normalized spacial score (nSPS) is 33.2. The Balaban J connectivity index is 1.79. The van der Waals surface area contributed by atoms with Crippen LogP contribution in [0.15, 0.2) is 12.2 Å². The topological polar surface area (TPSA) is 49.3 Å². The minimum Gasteiger partial charge on any atom is -0.481 e. The van der Waals surface area contributed by atoms with Gasteiger partial charge in [-0.2, -0.15) is 0 Å². The van der Waals surface area contributed by atoms with E-state index in [1.807, 2.05) is 0 Å². The van der Waals surface area contributed by atoms with Gasteiger partial charge in [-0.1, -0.05) is 12.2 Å². The first kappa shape index (κ1) is 8.75. The second-order valence-corrected chi connectivity index (χ2v) is 3.93. The second-order valence-electron chi connectivity index (χ2n) is 3.93. The molecule has 0 aromatic carbocycles. The molecule has 2 N–H and O–H groups in total. The van der Waals surface area contributed by atoms with Gasteiger partial charge in [0.2, 0.25) is 0 Å². The van der Waals surface area contributed by atoms with E-state index in [1.54, 1.807) is 0 Å². The highest BCUT2D eigenvalue weighted by Gasteiger charge is 2.37. The highest BCUT2D eigenvalue weighted by atomic mass is 16.4. The van der Waals surface area contributed by atoms with Crippen molar-refractivity contribution in [2.24, 2.45) is 5.92 Å². The monoisotopic (exact) mass is 181 g/mol. The summed E-state index contributed by atoms with van der Waals surface area (Å²) in [5, 5.41) is 12.2. The molecule has 0 bridgehead atoms. The van der Waals surface area contributed by atoms with Crippen LogP contribution in [-0.4, -0.2) is 23.2 Å².